The molecule has 0 bridgehead atoms. The smallest absolute Gasteiger partial charge is 0.303 e. The van der Waals surface area contributed by atoms with Crippen molar-refractivity contribution in [3.8, 4) is 11.8 Å². The quantitative estimate of drug-likeness (QED) is 0.546. The molecule has 3 rings (SSSR count). The molecule has 0 radical (unpaired) electrons. The predicted molar refractivity (Wildman–Crippen MR) is 91.0 cm³/mol. The van der Waals surface area contributed by atoms with Gasteiger partial charge in [-0.1, -0.05) is 29.9 Å². The van der Waals surface area contributed by atoms with Gasteiger partial charge in [-0.2, -0.15) is 0 Å². The molecule has 5 atom stereocenters. The molecule has 0 aliphatic heterocycles. The van der Waals surface area contributed by atoms with E-state index in [2.05, 4.69) is 17.9 Å². The summed E-state index contributed by atoms with van der Waals surface area (Å²) in [6, 6.07) is 0. The summed E-state index contributed by atoms with van der Waals surface area (Å²) in [6.45, 7) is 1.80. The second kappa shape index (κ2) is 6.90. The number of allylic oxidation sites excluding steroid dienone is 2. The number of hydrogen-bond acceptors (Lipinski definition) is 3. The zero-order valence-electron chi connectivity index (χ0n) is 14.4. The number of rotatable bonds is 4. The van der Waals surface area contributed by atoms with Gasteiger partial charge in [0.15, 0.2) is 0 Å². The number of carboxylic acids is 1. The molecule has 24 heavy (non-hydrogen) atoms. The van der Waals surface area contributed by atoms with E-state index in [1.165, 1.54) is 12.0 Å². The summed E-state index contributed by atoms with van der Waals surface area (Å²) in [5.74, 6) is 6.53. The lowest BCUT2D eigenvalue weighted by atomic mass is 9.57. The third-order valence-electron chi connectivity index (χ3n) is 6.27. The van der Waals surface area contributed by atoms with Crippen molar-refractivity contribution in [3.05, 3.63) is 11.6 Å². The second-order valence-corrected chi connectivity index (χ2v) is 7.90. The van der Waals surface area contributed by atoms with E-state index < -0.39 is 17.7 Å². The van der Waals surface area contributed by atoms with Crippen LogP contribution in [0, 0.1) is 35.5 Å². The van der Waals surface area contributed by atoms with Gasteiger partial charge in [0.25, 0.3) is 0 Å². The van der Waals surface area contributed by atoms with E-state index >= 15 is 0 Å². The maximum atomic E-state index is 10.6. The zero-order valence-corrected chi connectivity index (χ0v) is 14.4. The highest BCUT2D eigenvalue weighted by Crippen LogP contribution is 2.51. The van der Waals surface area contributed by atoms with Crippen LogP contribution < -0.4 is 0 Å². The molecule has 0 amide bonds. The van der Waals surface area contributed by atoms with Gasteiger partial charge >= 0.3 is 5.97 Å². The molecule has 3 saturated carbocycles. The molecule has 0 spiro atoms. The summed E-state index contributed by atoms with van der Waals surface area (Å²) in [4.78, 5) is 10.6. The van der Waals surface area contributed by atoms with Crippen LogP contribution in [-0.4, -0.2) is 33.0 Å². The third-order valence-corrected chi connectivity index (χ3v) is 6.27. The topological polar surface area (TPSA) is 77.8 Å². The molecule has 3 fully saturated rings. The van der Waals surface area contributed by atoms with Crippen molar-refractivity contribution in [1.29, 1.82) is 0 Å². The first-order valence-electron chi connectivity index (χ1n) is 9.22. The summed E-state index contributed by atoms with van der Waals surface area (Å²) in [5, 5.41) is 29.6. The molecule has 3 aliphatic carbocycles. The van der Waals surface area contributed by atoms with Crippen LogP contribution in [0.15, 0.2) is 11.6 Å². The Morgan fingerprint density at radius 2 is 2.08 bits per heavy atom. The molecule has 4 nitrogen and oxygen atoms in total. The Labute approximate surface area is 144 Å². The Morgan fingerprint density at radius 1 is 1.33 bits per heavy atom. The fourth-order valence-corrected chi connectivity index (χ4v) is 4.39. The van der Waals surface area contributed by atoms with Crippen molar-refractivity contribution in [3.63, 3.8) is 0 Å². The van der Waals surface area contributed by atoms with Crippen LogP contribution in [-0.2, 0) is 4.79 Å². The Morgan fingerprint density at radius 3 is 2.71 bits per heavy atom. The van der Waals surface area contributed by atoms with Crippen molar-refractivity contribution in [2.75, 3.05) is 0 Å². The van der Waals surface area contributed by atoms with E-state index in [1.54, 1.807) is 6.92 Å². The number of aliphatic carboxylic acids is 1. The lowest BCUT2D eigenvalue weighted by Crippen LogP contribution is -2.45. The molecule has 0 aromatic heterocycles. The molecular weight excluding hydrogens is 304 g/mol. The molecule has 1 unspecified atom stereocenters. The monoisotopic (exact) mass is 332 g/mol. The standard InChI is InChI=1S/C20H28O4/c1-20(24,14-5-3-6-14)11-10-16-17-12-13(4-2-7-19(22)23)15(17)8-9-18(16)21/h4,14-18,21,24H,2-3,5-9,12H2,1H3,(H,22,23)/b13-4-/t15-,16-,17+,18-,20?/m1/s1. The first-order chi connectivity index (χ1) is 11.4. The van der Waals surface area contributed by atoms with Gasteiger partial charge < -0.3 is 15.3 Å². The molecule has 3 N–H and O–H groups in total. The molecule has 0 saturated heterocycles. The van der Waals surface area contributed by atoms with Gasteiger partial charge in [-0.15, -0.1) is 0 Å². The van der Waals surface area contributed by atoms with Crippen LogP contribution in [0.1, 0.15) is 58.3 Å². The van der Waals surface area contributed by atoms with E-state index in [0.717, 1.165) is 32.1 Å². The SMILES string of the molecule is CC(O)(C#C[C@@H]1[C@H]2C/C(=C/CCC(=O)O)[C@H]2CC[C@H]1O)C1CCC1. The number of aliphatic hydroxyl groups excluding tert-OH is 1. The Kier molecular flexibility index (Phi) is 5.03. The fraction of sp³-hybridized carbons (Fsp3) is 0.750. The van der Waals surface area contributed by atoms with Crippen molar-refractivity contribution >= 4 is 5.97 Å². The van der Waals surface area contributed by atoms with Crippen LogP contribution in [0.2, 0.25) is 0 Å². The van der Waals surface area contributed by atoms with Gasteiger partial charge in [0.2, 0.25) is 0 Å². The first kappa shape index (κ1) is 17.5. The van der Waals surface area contributed by atoms with Gasteiger partial charge in [-0.05, 0) is 63.2 Å². The normalized spacial score (nSPS) is 36.5. The lowest BCUT2D eigenvalue weighted by molar-refractivity contribution is -0.136. The minimum atomic E-state index is -0.936. The highest BCUT2D eigenvalue weighted by molar-refractivity contribution is 5.66. The summed E-state index contributed by atoms with van der Waals surface area (Å²) >= 11 is 0. The van der Waals surface area contributed by atoms with E-state index in [0.29, 0.717) is 18.3 Å². The van der Waals surface area contributed by atoms with Gasteiger partial charge in [0.05, 0.1) is 12.0 Å². The Bertz CT molecular complexity index is 576. The van der Waals surface area contributed by atoms with Crippen molar-refractivity contribution in [2.45, 2.75) is 70.0 Å². The van der Waals surface area contributed by atoms with Gasteiger partial charge in [-0.3, -0.25) is 4.79 Å². The van der Waals surface area contributed by atoms with Crippen LogP contribution >= 0.6 is 0 Å². The largest absolute Gasteiger partial charge is 0.481 e. The predicted octanol–water partition coefficient (Wildman–Crippen LogP) is 2.74. The summed E-state index contributed by atoms with van der Waals surface area (Å²) in [5.41, 5.74) is 0.403. The van der Waals surface area contributed by atoms with Crippen molar-refractivity contribution in [2.24, 2.45) is 23.7 Å². The Hall–Kier alpha value is -1.31. The number of carboxylic acid groups (broad SMARTS) is 1. The third kappa shape index (κ3) is 3.53. The van der Waals surface area contributed by atoms with E-state index in [-0.39, 0.29) is 18.3 Å². The highest BCUT2D eigenvalue weighted by atomic mass is 16.4. The summed E-state index contributed by atoms with van der Waals surface area (Å²) < 4.78 is 0. The van der Waals surface area contributed by atoms with Crippen molar-refractivity contribution in [1.82, 2.24) is 0 Å². The highest BCUT2D eigenvalue weighted by Gasteiger charge is 2.46. The molecular formula is C20H28O4. The minimum absolute atomic E-state index is 0.0630. The maximum Gasteiger partial charge on any atom is 0.303 e. The zero-order chi connectivity index (χ0) is 17.3. The van der Waals surface area contributed by atoms with Gasteiger partial charge in [0.1, 0.15) is 5.60 Å². The number of fused-ring (bicyclic) bond motifs is 1. The average Bonchev–Trinajstić information content (AvgIpc) is 2.40. The van der Waals surface area contributed by atoms with Gasteiger partial charge in [-0.25, -0.2) is 0 Å². The lowest BCUT2D eigenvalue weighted by Gasteiger charge is -2.48. The fourth-order valence-electron chi connectivity index (χ4n) is 4.39. The first-order valence-corrected chi connectivity index (χ1v) is 9.22. The van der Waals surface area contributed by atoms with E-state index in [4.69, 9.17) is 5.11 Å². The van der Waals surface area contributed by atoms with E-state index in [9.17, 15) is 15.0 Å². The van der Waals surface area contributed by atoms with Crippen LogP contribution in [0.4, 0.5) is 0 Å². The average molecular weight is 332 g/mol. The van der Waals surface area contributed by atoms with Crippen LogP contribution in [0.25, 0.3) is 0 Å². The molecule has 132 valence electrons. The maximum absolute atomic E-state index is 10.6. The Balaban J connectivity index is 1.63. The van der Waals surface area contributed by atoms with Crippen LogP contribution in [0.3, 0.4) is 0 Å². The summed E-state index contributed by atoms with van der Waals surface area (Å²) in [6.07, 6.45) is 8.29. The summed E-state index contributed by atoms with van der Waals surface area (Å²) in [7, 11) is 0. The molecule has 3 aliphatic rings. The molecule has 0 heterocycles. The van der Waals surface area contributed by atoms with Crippen molar-refractivity contribution < 1.29 is 20.1 Å². The molecule has 0 aromatic rings. The second-order valence-electron chi connectivity index (χ2n) is 7.90. The number of aliphatic hydroxyl groups is 2. The molecule has 0 aromatic carbocycles. The molecule has 4 heteroatoms. The minimum Gasteiger partial charge on any atom is -0.481 e. The van der Waals surface area contributed by atoms with Gasteiger partial charge in [0, 0.05) is 6.42 Å². The number of hydrogen-bond donors (Lipinski definition) is 3. The van der Waals surface area contributed by atoms with E-state index in [1.807, 2.05) is 0 Å². The van der Waals surface area contributed by atoms with Crippen LogP contribution in [0.5, 0.6) is 0 Å². The number of carbonyl (C=O) groups is 1.